The summed E-state index contributed by atoms with van der Waals surface area (Å²) >= 11 is 0. The maximum atomic E-state index is 12.4. The zero-order valence-corrected chi connectivity index (χ0v) is 10.9. The number of aromatic nitrogens is 1. The van der Waals surface area contributed by atoms with Crippen LogP contribution in [0, 0.1) is 11.8 Å². The van der Waals surface area contributed by atoms with Gasteiger partial charge in [-0.05, 0) is 36.8 Å². The van der Waals surface area contributed by atoms with Gasteiger partial charge in [0.05, 0.1) is 0 Å². The predicted molar refractivity (Wildman–Crippen MR) is 67.2 cm³/mol. The lowest BCUT2D eigenvalue weighted by molar-refractivity contribution is 0.428. The Bertz CT molecular complexity index is 528. The van der Waals surface area contributed by atoms with E-state index < -0.39 is 10.0 Å². The third-order valence-electron chi connectivity index (χ3n) is 3.88. The molecule has 1 saturated carbocycles. The fraction of sp³-hybridized carbons (Fsp3) is 0.583. The maximum Gasteiger partial charge on any atom is 0.244 e. The molecule has 0 spiro atoms. The summed E-state index contributed by atoms with van der Waals surface area (Å²) in [7, 11) is -3.42. The molecule has 98 valence electrons. The van der Waals surface area contributed by atoms with Crippen molar-refractivity contribution in [3.8, 4) is 0 Å². The van der Waals surface area contributed by atoms with Crippen molar-refractivity contribution in [3.63, 3.8) is 0 Å². The van der Waals surface area contributed by atoms with Gasteiger partial charge in [0.2, 0.25) is 10.0 Å². The summed E-state index contributed by atoms with van der Waals surface area (Å²) in [5.74, 6) is 0.963. The van der Waals surface area contributed by atoms with Gasteiger partial charge >= 0.3 is 0 Å². The third kappa shape index (κ3) is 2.04. The van der Waals surface area contributed by atoms with Crippen molar-refractivity contribution >= 4 is 10.0 Å². The largest absolute Gasteiger partial charge is 0.326 e. The van der Waals surface area contributed by atoms with Crippen molar-refractivity contribution in [1.29, 1.82) is 0 Å². The molecule has 0 aromatic carbocycles. The smallest absolute Gasteiger partial charge is 0.244 e. The zero-order chi connectivity index (χ0) is 12.8. The van der Waals surface area contributed by atoms with E-state index in [2.05, 4.69) is 4.98 Å². The van der Waals surface area contributed by atoms with Crippen LogP contribution in [0.2, 0.25) is 0 Å². The van der Waals surface area contributed by atoms with Gasteiger partial charge in [-0.1, -0.05) is 0 Å². The second-order valence-electron chi connectivity index (χ2n) is 5.18. The van der Waals surface area contributed by atoms with E-state index in [-0.39, 0.29) is 10.9 Å². The van der Waals surface area contributed by atoms with E-state index in [9.17, 15) is 8.42 Å². The molecule has 2 aliphatic rings. The minimum absolute atomic E-state index is 0.0241. The van der Waals surface area contributed by atoms with Gasteiger partial charge < -0.3 is 5.73 Å². The van der Waals surface area contributed by atoms with Crippen molar-refractivity contribution in [3.05, 3.63) is 24.5 Å². The van der Waals surface area contributed by atoms with Crippen LogP contribution in [-0.2, 0) is 10.0 Å². The Morgan fingerprint density at radius 3 is 2.72 bits per heavy atom. The number of rotatable bonds is 3. The van der Waals surface area contributed by atoms with Crippen LogP contribution < -0.4 is 5.73 Å². The summed E-state index contributed by atoms with van der Waals surface area (Å²) in [6, 6.07) is 3.20. The van der Waals surface area contributed by atoms with E-state index in [0.29, 0.717) is 24.9 Å². The van der Waals surface area contributed by atoms with E-state index in [0.717, 1.165) is 0 Å². The minimum atomic E-state index is -3.42. The highest BCUT2D eigenvalue weighted by molar-refractivity contribution is 7.89. The Balaban J connectivity index is 1.83. The summed E-state index contributed by atoms with van der Waals surface area (Å²) in [5, 5.41) is 0. The van der Waals surface area contributed by atoms with Crippen LogP contribution in [0.25, 0.3) is 0 Å². The van der Waals surface area contributed by atoms with Gasteiger partial charge in [0.25, 0.3) is 0 Å². The number of sulfonamides is 1. The highest BCUT2D eigenvalue weighted by atomic mass is 32.2. The number of pyridine rings is 1. The highest BCUT2D eigenvalue weighted by Gasteiger charge is 2.44. The number of nitrogens with zero attached hydrogens (tertiary/aromatic N) is 2. The molecule has 6 heteroatoms. The topological polar surface area (TPSA) is 76.3 Å². The van der Waals surface area contributed by atoms with Crippen LogP contribution in [0.15, 0.2) is 29.4 Å². The fourth-order valence-corrected chi connectivity index (χ4v) is 4.16. The fourth-order valence-electron chi connectivity index (χ4n) is 2.68. The first-order valence-electron chi connectivity index (χ1n) is 6.25. The van der Waals surface area contributed by atoms with Gasteiger partial charge in [-0.15, -0.1) is 0 Å². The molecule has 2 fully saturated rings. The molecule has 0 amide bonds. The van der Waals surface area contributed by atoms with Gasteiger partial charge in [-0.3, -0.25) is 4.98 Å². The van der Waals surface area contributed by atoms with Crippen LogP contribution in [0.5, 0.6) is 0 Å². The Labute approximate surface area is 107 Å². The molecule has 5 nitrogen and oxygen atoms in total. The molecule has 1 aromatic rings. The molecular weight excluding hydrogens is 250 g/mol. The van der Waals surface area contributed by atoms with Gasteiger partial charge in [0, 0.05) is 31.5 Å². The summed E-state index contributed by atoms with van der Waals surface area (Å²) < 4.78 is 26.3. The molecule has 0 bridgehead atoms. The first kappa shape index (κ1) is 12.1. The Hall–Kier alpha value is -0.980. The predicted octanol–water partition coefficient (Wildman–Crippen LogP) is 0.439. The molecule has 3 rings (SSSR count). The van der Waals surface area contributed by atoms with Crippen LogP contribution in [0.4, 0.5) is 0 Å². The average molecular weight is 267 g/mol. The molecule has 0 radical (unpaired) electrons. The van der Waals surface area contributed by atoms with Crippen molar-refractivity contribution in [2.24, 2.45) is 17.6 Å². The van der Waals surface area contributed by atoms with Crippen molar-refractivity contribution < 1.29 is 8.42 Å². The van der Waals surface area contributed by atoms with E-state index in [1.165, 1.54) is 23.3 Å². The second kappa shape index (κ2) is 4.29. The van der Waals surface area contributed by atoms with E-state index in [1.807, 2.05) is 0 Å². The van der Waals surface area contributed by atoms with E-state index in [1.54, 1.807) is 18.3 Å². The molecule has 2 atom stereocenters. The molecule has 1 aliphatic heterocycles. The lowest BCUT2D eigenvalue weighted by Gasteiger charge is -2.15. The molecule has 2 heterocycles. The normalized spacial score (nSPS) is 29.6. The summed E-state index contributed by atoms with van der Waals surface area (Å²) in [5.41, 5.74) is 6.06. The van der Waals surface area contributed by atoms with E-state index in [4.69, 9.17) is 5.73 Å². The first-order valence-corrected chi connectivity index (χ1v) is 7.69. The van der Waals surface area contributed by atoms with Crippen molar-refractivity contribution in [2.75, 3.05) is 13.1 Å². The molecule has 2 N–H and O–H groups in total. The Morgan fingerprint density at radius 1 is 1.33 bits per heavy atom. The maximum absolute atomic E-state index is 12.4. The lowest BCUT2D eigenvalue weighted by atomic mass is 9.99. The number of hydrogen-bond donors (Lipinski definition) is 1. The molecule has 1 aromatic heterocycles. The van der Waals surface area contributed by atoms with Gasteiger partial charge in [0.15, 0.2) is 0 Å². The summed E-state index contributed by atoms with van der Waals surface area (Å²) in [6.07, 6.45) is 5.35. The van der Waals surface area contributed by atoms with Crippen LogP contribution in [-0.4, -0.2) is 36.8 Å². The highest BCUT2D eigenvalue weighted by Crippen LogP contribution is 2.41. The summed E-state index contributed by atoms with van der Waals surface area (Å²) in [6.45, 7) is 0.988. The quantitative estimate of drug-likeness (QED) is 0.862. The van der Waals surface area contributed by atoms with Crippen LogP contribution in [0.1, 0.15) is 12.8 Å². The first-order chi connectivity index (χ1) is 8.59. The lowest BCUT2D eigenvalue weighted by Crippen LogP contribution is -2.32. The minimum Gasteiger partial charge on any atom is -0.326 e. The molecule has 18 heavy (non-hydrogen) atoms. The average Bonchev–Trinajstić information content (AvgIpc) is 3.13. The Morgan fingerprint density at radius 2 is 2.11 bits per heavy atom. The molecular formula is C12H17N3O2S. The van der Waals surface area contributed by atoms with Crippen LogP contribution in [0.3, 0.4) is 0 Å². The van der Waals surface area contributed by atoms with Gasteiger partial charge in [-0.25, -0.2) is 8.42 Å². The Kier molecular flexibility index (Phi) is 2.88. The van der Waals surface area contributed by atoms with Crippen molar-refractivity contribution in [2.45, 2.75) is 23.8 Å². The van der Waals surface area contributed by atoms with Gasteiger partial charge in [-0.2, -0.15) is 4.31 Å². The van der Waals surface area contributed by atoms with E-state index >= 15 is 0 Å². The number of hydrogen-bond acceptors (Lipinski definition) is 4. The number of nitrogens with two attached hydrogens (primary N) is 1. The summed E-state index contributed by atoms with van der Waals surface area (Å²) in [4.78, 5) is 4.13. The molecule has 0 unspecified atom stereocenters. The monoisotopic (exact) mass is 267 g/mol. The van der Waals surface area contributed by atoms with Crippen LogP contribution >= 0.6 is 0 Å². The molecule has 1 aliphatic carbocycles. The third-order valence-corrected chi connectivity index (χ3v) is 5.69. The zero-order valence-electron chi connectivity index (χ0n) is 10.1. The SMILES string of the molecule is N[C@@H]1CN(S(=O)(=O)c2cccnc2)C[C@H]1C1CC1. The second-order valence-corrected chi connectivity index (χ2v) is 7.11. The molecule has 1 saturated heterocycles. The van der Waals surface area contributed by atoms with Gasteiger partial charge in [0.1, 0.15) is 4.90 Å². The van der Waals surface area contributed by atoms with Crippen molar-refractivity contribution in [1.82, 2.24) is 9.29 Å². The standard InChI is InChI=1S/C12H17N3O2S/c13-12-8-15(7-11(12)9-3-4-9)18(16,17)10-2-1-5-14-6-10/h1-2,5-6,9,11-12H,3-4,7-8,13H2/t11-,12+/m0/s1.